The van der Waals surface area contributed by atoms with E-state index in [0.29, 0.717) is 0 Å². The second kappa shape index (κ2) is 6.42. The molecule has 0 aromatic carbocycles. The zero-order valence-electron chi connectivity index (χ0n) is 9.31. The Bertz CT molecular complexity index is 110. The molecule has 0 heterocycles. The molecule has 0 aliphatic heterocycles. The van der Waals surface area contributed by atoms with E-state index in [1.807, 2.05) is 0 Å². The summed E-state index contributed by atoms with van der Waals surface area (Å²) in [5.41, 5.74) is 0. The molecule has 2 fully saturated rings. The third kappa shape index (κ3) is 4.66. The van der Waals surface area contributed by atoms with Crippen LogP contribution in [-0.4, -0.2) is 13.1 Å². The lowest BCUT2D eigenvalue weighted by Gasteiger charge is -2.03. The largest absolute Gasteiger partial charge is 0.317 e. The highest BCUT2D eigenvalue weighted by molar-refractivity contribution is 4.70. The fourth-order valence-corrected chi connectivity index (χ4v) is 2.34. The zero-order chi connectivity index (χ0) is 9.52. The fourth-order valence-electron chi connectivity index (χ4n) is 2.34. The van der Waals surface area contributed by atoms with Crippen molar-refractivity contribution in [2.75, 3.05) is 7.05 Å². The van der Waals surface area contributed by atoms with Crippen LogP contribution in [-0.2, 0) is 0 Å². The van der Waals surface area contributed by atoms with Gasteiger partial charge in [-0.2, -0.15) is 0 Å². The van der Waals surface area contributed by atoms with Crippen molar-refractivity contribution in [3.05, 3.63) is 0 Å². The lowest BCUT2D eigenvalue weighted by molar-refractivity contribution is 0.582. The molecule has 1 N–H and O–H groups in total. The number of nitrogens with one attached hydrogen (secondary N) is 1. The lowest BCUT2D eigenvalue weighted by atomic mass is 10.2. The van der Waals surface area contributed by atoms with Gasteiger partial charge in [-0.15, -0.1) is 0 Å². The number of rotatable bonds is 1. The van der Waals surface area contributed by atoms with Gasteiger partial charge in [0.15, 0.2) is 0 Å². The van der Waals surface area contributed by atoms with Crippen molar-refractivity contribution in [1.29, 1.82) is 0 Å². The van der Waals surface area contributed by atoms with Crippen molar-refractivity contribution in [3.63, 3.8) is 0 Å². The molecule has 1 nitrogen and oxygen atoms in total. The smallest absolute Gasteiger partial charge is 0.00640 e. The molecule has 2 rings (SSSR count). The molecule has 0 aromatic heterocycles. The predicted octanol–water partition coefficient (Wildman–Crippen LogP) is 3.34. The van der Waals surface area contributed by atoms with Gasteiger partial charge in [0.2, 0.25) is 0 Å². The van der Waals surface area contributed by atoms with Crippen LogP contribution in [0.3, 0.4) is 0 Å². The minimum absolute atomic E-state index is 0.847. The van der Waals surface area contributed by atoms with E-state index < -0.39 is 0 Å². The average Bonchev–Trinajstić information content (AvgIpc) is 2.76. The highest BCUT2D eigenvalue weighted by Crippen LogP contribution is 2.22. The monoisotopic (exact) mass is 183 g/mol. The molecule has 2 saturated carbocycles. The molecule has 78 valence electrons. The summed E-state index contributed by atoms with van der Waals surface area (Å²) in [5, 5.41) is 3.26. The molecule has 2 aliphatic carbocycles. The molecule has 0 spiro atoms. The molecule has 0 amide bonds. The molecule has 1 heteroatoms. The van der Waals surface area contributed by atoms with E-state index in [9.17, 15) is 0 Å². The standard InChI is InChI=1S/C6H13N.C6H12/c1-7-6-4-2-3-5-6;1-6-4-2-3-5-6/h6-7H,2-5H2,1H3;6H,2-5H2,1H3. The Morgan fingerprint density at radius 3 is 1.54 bits per heavy atom. The highest BCUT2D eigenvalue weighted by Gasteiger charge is 2.10. The lowest BCUT2D eigenvalue weighted by Crippen LogP contribution is -2.20. The summed E-state index contributed by atoms with van der Waals surface area (Å²) in [6.07, 6.45) is 11.6. The van der Waals surface area contributed by atoms with Gasteiger partial charge in [0, 0.05) is 6.04 Å². The van der Waals surface area contributed by atoms with Gasteiger partial charge in [-0.05, 0) is 25.8 Å². The van der Waals surface area contributed by atoms with Crippen LogP contribution in [0.15, 0.2) is 0 Å². The van der Waals surface area contributed by atoms with Crippen molar-refractivity contribution in [2.24, 2.45) is 5.92 Å². The summed E-state index contributed by atoms with van der Waals surface area (Å²) >= 11 is 0. The van der Waals surface area contributed by atoms with Gasteiger partial charge in [0.1, 0.15) is 0 Å². The maximum atomic E-state index is 3.26. The summed E-state index contributed by atoms with van der Waals surface area (Å²) < 4.78 is 0. The Morgan fingerprint density at radius 1 is 0.846 bits per heavy atom. The van der Waals surface area contributed by atoms with Gasteiger partial charge >= 0.3 is 0 Å². The third-order valence-corrected chi connectivity index (χ3v) is 3.41. The quantitative estimate of drug-likeness (QED) is 0.657. The Balaban J connectivity index is 0.000000132. The van der Waals surface area contributed by atoms with Crippen molar-refractivity contribution in [1.82, 2.24) is 5.32 Å². The van der Waals surface area contributed by atoms with Crippen LogP contribution in [0, 0.1) is 5.92 Å². The number of hydrogen-bond donors (Lipinski definition) is 1. The van der Waals surface area contributed by atoms with Crippen LogP contribution in [0.25, 0.3) is 0 Å². The van der Waals surface area contributed by atoms with Crippen molar-refractivity contribution < 1.29 is 0 Å². The van der Waals surface area contributed by atoms with Crippen molar-refractivity contribution >= 4 is 0 Å². The molecule has 13 heavy (non-hydrogen) atoms. The Labute approximate surface area is 83.3 Å². The normalized spacial score (nSPS) is 24.5. The minimum atomic E-state index is 0.847. The maximum Gasteiger partial charge on any atom is 0.00640 e. The molecule has 0 unspecified atom stereocenters. The summed E-state index contributed by atoms with van der Waals surface area (Å²) in [4.78, 5) is 0. The first kappa shape index (κ1) is 11.0. The van der Waals surface area contributed by atoms with Crippen molar-refractivity contribution in [2.45, 2.75) is 64.3 Å². The van der Waals surface area contributed by atoms with Gasteiger partial charge < -0.3 is 5.32 Å². The molecule has 2 aliphatic rings. The van der Waals surface area contributed by atoms with Gasteiger partial charge in [-0.25, -0.2) is 0 Å². The fraction of sp³-hybridized carbons (Fsp3) is 1.00. The summed E-state index contributed by atoms with van der Waals surface area (Å²) in [6, 6.07) is 0.847. The van der Waals surface area contributed by atoms with Crippen LogP contribution in [0.5, 0.6) is 0 Å². The van der Waals surface area contributed by atoms with Crippen LogP contribution >= 0.6 is 0 Å². The molecular weight excluding hydrogens is 158 g/mol. The highest BCUT2D eigenvalue weighted by atomic mass is 14.9. The van der Waals surface area contributed by atoms with E-state index in [2.05, 4.69) is 19.3 Å². The molecule has 0 bridgehead atoms. The molecule has 0 atom stereocenters. The Kier molecular flexibility index (Phi) is 5.45. The zero-order valence-corrected chi connectivity index (χ0v) is 9.31. The van der Waals surface area contributed by atoms with E-state index in [0.717, 1.165) is 12.0 Å². The van der Waals surface area contributed by atoms with Crippen LogP contribution in [0.2, 0.25) is 0 Å². The predicted molar refractivity (Wildman–Crippen MR) is 58.9 cm³/mol. The van der Waals surface area contributed by atoms with Crippen molar-refractivity contribution in [3.8, 4) is 0 Å². The summed E-state index contributed by atoms with van der Waals surface area (Å²) in [5.74, 6) is 1.05. The summed E-state index contributed by atoms with van der Waals surface area (Å²) in [7, 11) is 2.05. The molecule has 0 saturated heterocycles. The second-order valence-corrected chi connectivity index (χ2v) is 4.66. The van der Waals surface area contributed by atoms with E-state index in [1.165, 1.54) is 51.4 Å². The average molecular weight is 183 g/mol. The number of hydrogen-bond acceptors (Lipinski definition) is 1. The van der Waals surface area contributed by atoms with Crippen LogP contribution in [0.1, 0.15) is 58.3 Å². The second-order valence-electron chi connectivity index (χ2n) is 4.66. The first-order valence-electron chi connectivity index (χ1n) is 6.00. The van der Waals surface area contributed by atoms with E-state index in [-0.39, 0.29) is 0 Å². The first-order valence-corrected chi connectivity index (χ1v) is 6.00. The van der Waals surface area contributed by atoms with Gasteiger partial charge in [0.25, 0.3) is 0 Å². The van der Waals surface area contributed by atoms with E-state index in [1.54, 1.807) is 0 Å². The van der Waals surface area contributed by atoms with E-state index in [4.69, 9.17) is 0 Å². The van der Waals surface area contributed by atoms with Crippen LogP contribution in [0.4, 0.5) is 0 Å². The van der Waals surface area contributed by atoms with E-state index >= 15 is 0 Å². The molecular formula is C12H25N. The van der Waals surface area contributed by atoms with Gasteiger partial charge in [-0.1, -0.05) is 45.4 Å². The van der Waals surface area contributed by atoms with Gasteiger partial charge in [0.05, 0.1) is 0 Å². The molecule has 0 aromatic rings. The topological polar surface area (TPSA) is 12.0 Å². The molecule has 0 radical (unpaired) electrons. The van der Waals surface area contributed by atoms with Crippen LogP contribution < -0.4 is 5.32 Å². The Hall–Kier alpha value is -0.0400. The first-order chi connectivity index (χ1) is 6.33. The maximum absolute atomic E-state index is 3.26. The third-order valence-electron chi connectivity index (χ3n) is 3.41. The summed E-state index contributed by atoms with van der Waals surface area (Å²) in [6.45, 7) is 2.34. The van der Waals surface area contributed by atoms with Gasteiger partial charge in [-0.3, -0.25) is 0 Å². The minimum Gasteiger partial charge on any atom is -0.317 e. The Morgan fingerprint density at radius 2 is 1.31 bits per heavy atom. The SMILES string of the molecule is CC1CCCC1.CNC1CCCC1.